The minimum atomic E-state index is -0.728. The van der Waals surface area contributed by atoms with Gasteiger partial charge in [0.15, 0.2) is 5.57 Å². The van der Waals surface area contributed by atoms with E-state index < -0.39 is 5.97 Å². The fourth-order valence-corrected chi connectivity index (χ4v) is 3.35. The minimum absolute atomic E-state index is 0.151. The average Bonchev–Trinajstić information content (AvgIpc) is 2.89. The number of hydrogen-bond donors (Lipinski definition) is 0. The number of hydrogen-bond acceptors (Lipinski definition) is 4. The molecule has 0 fully saturated rings. The summed E-state index contributed by atoms with van der Waals surface area (Å²) in [6.07, 6.45) is 0. The van der Waals surface area contributed by atoms with E-state index in [-0.39, 0.29) is 24.6 Å². The second-order valence-electron chi connectivity index (χ2n) is 5.62. The highest BCUT2D eigenvalue weighted by Crippen LogP contribution is 2.36. The Labute approximate surface area is 159 Å². The first kappa shape index (κ1) is 17.9. The van der Waals surface area contributed by atoms with Crippen molar-refractivity contribution in [2.75, 3.05) is 6.61 Å². The van der Waals surface area contributed by atoms with Gasteiger partial charge < -0.3 is 9.64 Å². The second-order valence-corrected chi connectivity index (χ2v) is 6.54. The fraction of sp³-hybridized carbons (Fsp3) is 0.150. The highest BCUT2D eigenvalue weighted by atomic mass is 79.9. The van der Waals surface area contributed by atoms with Crippen molar-refractivity contribution in [3.05, 3.63) is 75.3 Å². The van der Waals surface area contributed by atoms with Crippen molar-refractivity contribution in [1.29, 1.82) is 5.26 Å². The molecule has 0 radical (unpaired) electrons. The van der Waals surface area contributed by atoms with E-state index in [1.165, 1.54) is 4.90 Å². The van der Waals surface area contributed by atoms with Gasteiger partial charge in [0.1, 0.15) is 6.07 Å². The molecule has 0 aliphatic carbocycles. The molecular weight excluding hydrogens is 396 g/mol. The molecule has 130 valence electrons. The van der Waals surface area contributed by atoms with E-state index in [1.807, 2.05) is 30.3 Å². The lowest BCUT2D eigenvalue weighted by Crippen LogP contribution is -2.25. The smallest absolute Gasteiger partial charge is 0.351 e. The zero-order valence-electron chi connectivity index (χ0n) is 14.0. The first-order valence-electron chi connectivity index (χ1n) is 8.04. The first-order valence-corrected chi connectivity index (χ1v) is 8.83. The third-order valence-corrected chi connectivity index (χ3v) is 4.48. The maximum absolute atomic E-state index is 12.9. The number of ether oxygens (including phenoxy) is 1. The maximum atomic E-state index is 12.9. The molecule has 0 bridgehead atoms. The lowest BCUT2D eigenvalue weighted by molar-refractivity contribution is -0.137. The van der Waals surface area contributed by atoms with Crippen molar-refractivity contribution >= 4 is 33.5 Å². The van der Waals surface area contributed by atoms with Crippen LogP contribution in [-0.4, -0.2) is 23.4 Å². The lowest BCUT2D eigenvalue weighted by Gasteiger charge is -2.19. The lowest BCUT2D eigenvalue weighted by atomic mass is 10.0. The summed E-state index contributed by atoms with van der Waals surface area (Å²) in [6, 6.07) is 16.4. The van der Waals surface area contributed by atoms with Crippen LogP contribution in [0.2, 0.25) is 0 Å². The van der Waals surface area contributed by atoms with Gasteiger partial charge in [0.25, 0.3) is 5.91 Å². The summed E-state index contributed by atoms with van der Waals surface area (Å²) in [5.74, 6) is -0.971. The van der Waals surface area contributed by atoms with E-state index in [9.17, 15) is 14.9 Å². The van der Waals surface area contributed by atoms with Crippen LogP contribution in [0.15, 0.2) is 58.6 Å². The van der Waals surface area contributed by atoms with Crippen LogP contribution in [0.25, 0.3) is 5.70 Å². The van der Waals surface area contributed by atoms with Crippen LogP contribution in [-0.2, 0) is 16.1 Å². The Morgan fingerprint density at radius 2 is 1.92 bits per heavy atom. The number of nitriles is 1. The van der Waals surface area contributed by atoms with Crippen molar-refractivity contribution in [2.24, 2.45) is 0 Å². The Bertz CT molecular complexity index is 960. The van der Waals surface area contributed by atoms with Crippen molar-refractivity contribution in [2.45, 2.75) is 13.5 Å². The number of fused-ring (bicyclic) bond motifs is 1. The molecule has 3 rings (SSSR count). The van der Waals surface area contributed by atoms with E-state index in [0.717, 1.165) is 10.0 Å². The third-order valence-electron chi connectivity index (χ3n) is 3.99. The number of amides is 1. The fourth-order valence-electron chi connectivity index (χ4n) is 2.91. The van der Waals surface area contributed by atoms with E-state index in [1.54, 1.807) is 31.2 Å². The molecule has 0 saturated heterocycles. The van der Waals surface area contributed by atoms with Gasteiger partial charge in [0.05, 0.1) is 18.8 Å². The summed E-state index contributed by atoms with van der Waals surface area (Å²) in [4.78, 5) is 26.7. The van der Waals surface area contributed by atoms with Gasteiger partial charge in [-0.1, -0.05) is 46.3 Å². The summed E-state index contributed by atoms with van der Waals surface area (Å²) in [7, 11) is 0. The second kappa shape index (κ2) is 7.54. The Balaban J connectivity index is 2.14. The van der Waals surface area contributed by atoms with Gasteiger partial charge in [-0.3, -0.25) is 4.79 Å². The summed E-state index contributed by atoms with van der Waals surface area (Å²) < 4.78 is 5.90. The highest BCUT2D eigenvalue weighted by Gasteiger charge is 2.36. The zero-order chi connectivity index (χ0) is 18.7. The molecule has 1 amide bonds. The SMILES string of the molecule is CCOC(=O)/C(C#N)=C1/c2ccccc2C(=O)N1Cc1cccc(Br)c1. The third kappa shape index (κ3) is 3.26. The average molecular weight is 411 g/mol. The Hall–Kier alpha value is -2.91. The molecule has 0 unspecified atom stereocenters. The molecule has 1 aliphatic heterocycles. The van der Waals surface area contributed by atoms with E-state index in [4.69, 9.17) is 4.74 Å². The normalized spacial score (nSPS) is 14.7. The first-order chi connectivity index (χ1) is 12.6. The molecular formula is C20H15BrN2O3. The Morgan fingerprint density at radius 1 is 1.19 bits per heavy atom. The number of esters is 1. The van der Waals surface area contributed by atoms with Gasteiger partial charge in [0, 0.05) is 15.6 Å². The summed E-state index contributed by atoms with van der Waals surface area (Å²) >= 11 is 3.41. The molecule has 5 nitrogen and oxygen atoms in total. The van der Waals surface area contributed by atoms with Gasteiger partial charge in [-0.05, 0) is 30.7 Å². The molecule has 26 heavy (non-hydrogen) atoms. The molecule has 2 aromatic rings. The topological polar surface area (TPSA) is 70.4 Å². The number of nitrogens with zero attached hydrogens (tertiary/aromatic N) is 2. The van der Waals surface area contributed by atoms with E-state index >= 15 is 0 Å². The monoisotopic (exact) mass is 410 g/mol. The van der Waals surface area contributed by atoms with Gasteiger partial charge in [-0.15, -0.1) is 0 Å². The Morgan fingerprint density at radius 3 is 2.58 bits per heavy atom. The van der Waals surface area contributed by atoms with Crippen molar-refractivity contribution in [1.82, 2.24) is 4.90 Å². The summed E-state index contributed by atoms with van der Waals surface area (Å²) in [5, 5.41) is 9.57. The minimum Gasteiger partial charge on any atom is -0.462 e. The summed E-state index contributed by atoms with van der Waals surface area (Å²) in [6.45, 7) is 2.07. The van der Waals surface area contributed by atoms with E-state index in [2.05, 4.69) is 15.9 Å². The van der Waals surface area contributed by atoms with Crippen LogP contribution >= 0.6 is 15.9 Å². The molecule has 2 aromatic carbocycles. The molecule has 0 N–H and O–H groups in total. The van der Waals surface area contributed by atoms with Crippen molar-refractivity contribution in [3.63, 3.8) is 0 Å². The van der Waals surface area contributed by atoms with Gasteiger partial charge in [-0.2, -0.15) is 5.26 Å². The highest BCUT2D eigenvalue weighted by molar-refractivity contribution is 9.10. The van der Waals surface area contributed by atoms with Gasteiger partial charge in [0.2, 0.25) is 0 Å². The molecule has 0 saturated carbocycles. The van der Waals surface area contributed by atoms with E-state index in [0.29, 0.717) is 16.8 Å². The number of carbonyl (C=O) groups excluding carboxylic acids is 2. The molecule has 1 heterocycles. The zero-order valence-corrected chi connectivity index (χ0v) is 15.6. The quantitative estimate of drug-likeness (QED) is 0.435. The molecule has 6 heteroatoms. The molecule has 0 atom stereocenters. The number of carbonyl (C=O) groups is 2. The Kier molecular flexibility index (Phi) is 5.19. The predicted molar refractivity (Wildman–Crippen MR) is 99.6 cm³/mol. The van der Waals surface area contributed by atoms with Crippen LogP contribution in [0.4, 0.5) is 0 Å². The van der Waals surface area contributed by atoms with Gasteiger partial charge in [-0.25, -0.2) is 4.79 Å². The predicted octanol–water partition coefficient (Wildman–Crippen LogP) is 3.90. The van der Waals surface area contributed by atoms with Crippen LogP contribution < -0.4 is 0 Å². The number of rotatable bonds is 4. The molecule has 0 spiro atoms. The number of halogens is 1. The van der Waals surface area contributed by atoms with Crippen LogP contribution in [0.5, 0.6) is 0 Å². The van der Waals surface area contributed by atoms with Crippen LogP contribution in [0.3, 0.4) is 0 Å². The van der Waals surface area contributed by atoms with Crippen LogP contribution in [0.1, 0.15) is 28.4 Å². The standard InChI is InChI=1S/C20H15BrN2O3/c1-2-26-20(25)17(11-22)18-15-8-3-4-9-16(15)19(24)23(18)12-13-6-5-7-14(21)10-13/h3-10H,2,12H2,1H3/b18-17-. The van der Waals surface area contributed by atoms with Gasteiger partial charge >= 0.3 is 5.97 Å². The van der Waals surface area contributed by atoms with Crippen molar-refractivity contribution < 1.29 is 14.3 Å². The number of benzene rings is 2. The molecule has 1 aliphatic rings. The maximum Gasteiger partial charge on any atom is 0.351 e. The van der Waals surface area contributed by atoms with Crippen molar-refractivity contribution in [3.8, 4) is 6.07 Å². The largest absolute Gasteiger partial charge is 0.462 e. The summed E-state index contributed by atoms with van der Waals surface area (Å²) in [5.41, 5.74) is 2.04. The molecule has 0 aromatic heterocycles. The van der Waals surface area contributed by atoms with Crippen LogP contribution in [0, 0.1) is 11.3 Å².